The average molecular weight is 594 g/mol. The highest BCUT2D eigenvalue weighted by molar-refractivity contribution is 7.93. The van der Waals surface area contributed by atoms with Crippen LogP contribution in [0.25, 0.3) is 4.85 Å². The van der Waals surface area contributed by atoms with Gasteiger partial charge in [0.1, 0.15) is 16.3 Å². The molecule has 0 saturated heterocycles. The van der Waals surface area contributed by atoms with E-state index in [4.69, 9.17) is 6.57 Å². The van der Waals surface area contributed by atoms with Crippen molar-refractivity contribution < 1.29 is 23.4 Å². The molecule has 0 radical (unpaired) electrons. The van der Waals surface area contributed by atoms with Crippen LogP contribution in [0.15, 0.2) is 68.4 Å². The van der Waals surface area contributed by atoms with E-state index in [0.717, 1.165) is 34.6 Å². The van der Waals surface area contributed by atoms with E-state index in [-0.39, 0.29) is 57.8 Å². The maximum Gasteiger partial charge on any atom is 0.335 e. The van der Waals surface area contributed by atoms with Crippen LogP contribution in [0.4, 0.5) is 22.7 Å². The number of pyridine rings is 1. The van der Waals surface area contributed by atoms with Gasteiger partial charge in [-0.3, -0.25) is 13.7 Å². The second kappa shape index (κ2) is 13.9. The SMILES string of the molecule is [C-]#[N+]c1c(C)c(N=Nc2ccccc2S(=O)(=O)N(CC)c2ccc(C(=O)O)cc2)c(=O)n(CC(CC)CCCC)c1O. The molecule has 0 aliphatic rings. The number of aromatic carboxylic acids is 1. The highest BCUT2D eigenvalue weighted by atomic mass is 32.2. The highest BCUT2D eigenvalue weighted by Crippen LogP contribution is 2.36. The third kappa shape index (κ3) is 6.69. The van der Waals surface area contributed by atoms with Crippen LogP contribution in [0.1, 0.15) is 62.4 Å². The van der Waals surface area contributed by atoms with Gasteiger partial charge in [-0.05, 0) is 68.1 Å². The van der Waals surface area contributed by atoms with Crippen molar-refractivity contribution in [3.05, 3.63) is 81.4 Å². The maximum absolute atomic E-state index is 13.8. The van der Waals surface area contributed by atoms with E-state index < -0.39 is 27.4 Å². The average Bonchev–Trinajstić information content (AvgIpc) is 2.97. The number of hydrogen-bond acceptors (Lipinski definition) is 7. The molecule has 11 nitrogen and oxygen atoms in total. The van der Waals surface area contributed by atoms with E-state index in [2.05, 4.69) is 22.0 Å². The first-order chi connectivity index (χ1) is 20.0. The summed E-state index contributed by atoms with van der Waals surface area (Å²) < 4.78 is 29.8. The number of hydrogen-bond donors (Lipinski definition) is 2. The van der Waals surface area contributed by atoms with Crippen LogP contribution >= 0.6 is 0 Å². The van der Waals surface area contributed by atoms with Crippen molar-refractivity contribution in [2.24, 2.45) is 16.1 Å². The molecule has 2 aromatic carbocycles. The summed E-state index contributed by atoms with van der Waals surface area (Å²) in [4.78, 5) is 28.0. The van der Waals surface area contributed by atoms with Crippen molar-refractivity contribution in [2.45, 2.75) is 64.8 Å². The molecule has 222 valence electrons. The number of aromatic hydroxyl groups is 1. The van der Waals surface area contributed by atoms with Gasteiger partial charge in [-0.2, -0.15) is 0 Å². The third-order valence-corrected chi connectivity index (χ3v) is 9.05. The number of rotatable bonds is 13. The molecule has 3 rings (SSSR count). The van der Waals surface area contributed by atoms with Crippen LogP contribution in [-0.4, -0.2) is 35.7 Å². The molecule has 0 aliphatic carbocycles. The zero-order chi connectivity index (χ0) is 31.0. The van der Waals surface area contributed by atoms with E-state index in [1.807, 2.05) is 6.92 Å². The Labute approximate surface area is 245 Å². The number of azo groups is 1. The number of benzene rings is 2. The fourth-order valence-corrected chi connectivity index (χ4v) is 6.23. The van der Waals surface area contributed by atoms with Crippen molar-refractivity contribution >= 4 is 38.7 Å². The second-order valence-corrected chi connectivity index (χ2v) is 11.6. The zero-order valence-electron chi connectivity index (χ0n) is 24.1. The van der Waals surface area contributed by atoms with Gasteiger partial charge in [0.25, 0.3) is 15.6 Å². The number of anilines is 1. The Morgan fingerprint density at radius 2 is 1.76 bits per heavy atom. The van der Waals surface area contributed by atoms with Crippen LogP contribution in [0.5, 0.6) is 5.88 Å². The largest absolute Gasteiger partial charge is 0.503 e. The summed E-state index contributed by atoms with van der Waals surface area (Å²) in [6.07, 6.45) is 3.59. The van der Waals surface area contributed by atoms with E-state index in [9.17, 15) is 28.2 Å². The fraction of sp³-hybridized carbons (Fsp3) is 0.367. The minimum Gasteiger partial charge on any atom is -0.503 e. The van der Waals surface area contributed by atoms with Crippen molar-refractivity contribution in [1.82, 2.24) is 4.57 Å². The smallest absolute Gasteiger partial charge is 0.335 e. The Bertz CT molecular complexity index is 1670. The lowest BCUT2D eigenvalue weighted by atomic mass is 9.99. The summed E-state index contributed by atoms with van der Waals surface area (Å²) in [5, 5.41) is 28.3. The number of aromatic nitrogens is 1. The Morgan fingerprint density at radius 3 is 2.33 bits per heavy atom. The lowest BCUT2D eigenvalue weighted by Gasteiger charge is -2.23. The summed E-state index contributed by atoms with van der Waals surface area (Å²) in [6.45, 7) is 15.1. The molecule has 1 heterocycles. The monoisotopic (exact) mass is 593 g/mol. The van der Waals surface area contributed by atoms with Crippen LogP contribution in [-0.2, 0) is 16.6 Å². The molecule has 0 fully saturated rings. The molecule has 1 atom stereocenters. The van der Waals surface area contributed by atoms with E-state index in [0.29, 0.717) is 0 Å². The van der Waals surface area contributed by atoms with Gasteiger partial charge < -0.3 is 10.2 Å². The fourth-order valence-electron chi connectivity index (χ4n) is 4.63. The van der Waals surface area contributed by atoms with Crippen molar-refractivity contribution in [1.29, 1.82) is 0 Å². The molecular weight excluding hydrogens is 558 g/mol. The Morgan fingerprint density at radius 1 is 1.10 bits per heavy atom. The van der Waals surface area contributed by atoms with Gasteiger partial charge in [0.05, 0.1) is 17.8 Å². The lowest BCUT2D eigenvalue weighted by Crippen LogP contribution is -2.30. The predicted octanol–water partition coefficient (Wildman–Crippen LogP) is 6.96. The minimum atomic E-state index is -4.19. The number of unbranched alkanes of at least 4 members (excludes halogenated alkanes) is 1. The van der Waals surface area contributed by atoms with E-state index >= 15 is 0 Å². The molecule has 0 bridgehead atoms. The number of carbonyl (C=O) groups is 1. The quantitative estimate of drug-likeness (QED) is 0.162. The molecule has 0 amide bonds. The van der Waals surface area contributed by atoms with Gasteiger partial charge in [0.2, 0.25) is 5.69 Å². The molecule has 3 aromatic rings. The highest BCUT2D eigenvalue weighted by Gasteiger charge is 2.27. The van der Waals surface area contributed by atoms with Crippen LogP contribution in [0.2, 0.25) is 0 Å². The maximum atomic E-state index is 13.8. The summed E-state index contributed by atoms with van der Waals surface area (Å²) in [6, 6.07) is 11.4. The Hall–Kier alpha value is -4.50. The van der Waals surface area contributed by atoms with Crippen molar-refractivity contribution in [2.75, 3.05) is 10.8 Å². The molecule has 1 unspecified atom stereocenters. The lowest BCUT2D eigenvalue weighted by molar-refractivity contribution is 0.0697. The number of carboxylic acid groups (broad SMARTS) is 1. The van der Waals surface area contributed by atoms with Crippen LogP contribution in [0.3, 0.4) is 0 Å². The van der Waals surface area contributed by atoms with Crippen molar-refractivity contribution in [3.8, 4) is 5.88 Å². The molecular formula is C30H35N5O6S. The normalized spacial score (nSPS) is 12.3. The number of nitrogens with zero attached hydrogens (tertiary/aromatic N) is 5. The van der Waals surface area contributed by atoms with Gasteiger partial charge in [0, 0.05) is 13.1 Å². The first-order valence-corrected chi connectivity index (χ1v) is 15.2. The number of carboxylic acids is 1. The number of sulfonamides is 1. The van der Waals surface area contributed by atoms with Gasteiger partial charge in [0.15, 0.2) is 5.88 Å². The summed E-state index contributed by atoms with van der Waals surface area (Å²) in [5.74, 6) is -1.44. The molecule has 2 N–H and O–H groups in total. The zero-order valence-corrected chi connectivity index (χ0v) is 24.9. The first-order valence-electron chi connectivity index (χ1n) is 13.7. The van der Waals surface area contributed by atoms with E-state index in [1.54, 1.807) is 13.0 Å². The molecule has 0 spiro atoms. The molecule has 12 heteroatoms. The van der Waals surface area contributed by atoms with Gasteiger partial charge >= 0.3 is 5.97 Å². The molecule has 42 heavy (non-hydrogen) atoms. The van der Waals surface area contributed by atoms with Gasteiger partial charge in [-0.25, -0.2) is 18.1 Å². The first kappa shape index (κ1) is 32.0. The summed E-state index contributed by atoms with van der Waals surface area (Å²) >= 11 is 0. The molecule has 0 aliphatic heterocycles. The van der Waals surface area contributed by atoms with Crippen LogP contribution in [0, 0.1) is 19.4 Å². The summed E-state index contributed by atoms with van der Waals surface area (Å²) in [7, 11) is -4.19. The predicted molar refractivity (Wildman–Crippen MR) is 161 cm³/mol. The van der Waals surface area contributed by atoms with E-state index in [1.165, 1.54) is 49.4 Å². The Kier molecular flexibility index (Phi) is 10.6. The van der Waals surface area contributed by atoms with Crippen molar-refractivity contribution in [3.63, 3.8) is 0 Å². The topological polar surface area (TPSA) is 146 Å². The van der Waals surface area contributed by atoms with Crippen LogP contribution < -0.4 is 9.86 Å². The molecule has 0 saturated carbocycles. The van der Waals surface area contributed by atoms with Gasteiger partial charge in [-0.1, -0.05) is 45.2 Å². The Balaban J connectivity index is 2.09. The molecule has 1 aromatic heterocycles. The standard InChI is InChI=1S/C30H35N5O6S/c1-6-9-12-21(7-2)19-34-28(36)26(31-5)20(4)27(29(34)37)33-32-24-13-10-11-14-25(24)42(40,41)35(8-3)23-17-15-22(16-18-23)30(38)39/h10-11,13-18,21,36H,6-9,12,19H2,1-4H3,(H,38,39). The minimum absolute atomic E-state index is 0.0192. The third-order valence-electron chi connectivity index (χ3n) is 7.10. The van der Waals surface area contributed by atoms with Gasteiger partial charge in [-0.15, -0.1) is 10.2 Å². The summed E-state index contributed by atoms with van der Waals surface area (Å²) in [5.41, 5.74) is -0.499. The second-order valence-electron chi connectivity index (χ2n) is 9.78.